The van der Waals surface area contributed by atoms with Crippen LogP contribution in [-0.2, 0) is 6.42 Å². The Morgan fingerprint density at radius 2 is 1.47 bits per heavy atom. The fourth-order valence-corrected chi connectivity index (χ4v) is 1.39. The molecule has 0 radical (unpaired) electrons. The van der Waals surface area contributed by atoms with Gasteiger partial charge in [0.2, 0.25) is 0 Å². The van der Waals surface area contributed by atoms with Crippen molar-refractivity contribution in [3.63, 3.8) is 0 Å². The van der Waals surface area contributed by atoms with Crippen LogP contribution in [0.3, 0.4) is 0 Å². The Morgan fingerprint density at radius 1 is 0.941 bits per heavy atom. The van der Waals surface area contributed by atoms with Crippen molar-refractivity contribution in [3.05, 3.63) is 53.9 Å². The first kappa shape index (κ1) is 15.6. The van der Waals surface area contributed by atoms with Crippen molar-refractivity contribution in [3.8, 4) is 0 Å². The molecule has 94 valence electrons. The van der Waals surface area contributed by atoms with Crippen LogP contribution in [0.4, 0.5) is 0 Å². The fourth-order valence-electron chi connectivity index (χ4n) is 1.39. The molecule has 0 spiro atoms. The molecule has 1 rings (SSSR count). The molecule has 1 aromatic rings. The Kier molecular flexibility index (Phi) is 9.04. The highest BCUT2D eigenvalue weighted by atomic mass is 14.7. The molecule has 0 aliphatic heterocycles. The normalized spacial score (nSPS) is 9.06. The van der Waals surface area contributed by atoms with Crippen molar-refractivity contribution >= 4 is 0 Å². The molecule has 0 aliphatic carbocycles. The fraction of sp³-hybridized carbons (Fsp3) is 0.438. The molecule has 0 aromatic carbocycles. The van der Waals surface area contributed by atoms with Crippen molar-refractivity contribution in [2.45, 2.75) is 41.0 Å². The smallest absolute Gasteiger partial charge is 0.0409 e. The third kappa shape index (κ3) is 8.44. The monoisotopic (exact) mass is 231 g/mol. The van der Waals surface area contributed by atoms with Gasteiger partial charge in [-0.05, 0) is 31.4 Å². The van der Waals surface area contributed by atoms with Gasteiger partial charge in [0, 0.05) is 11.4 Å². The second-order valence-corrected chi connectivity index (χ2v) is 4.14. The first-order chi connectivity index (χ1) is 8.18. The molecule has 1 heterocycles. The minimum Gasteiger partial charge on any atom is -0.258 e. The van der Waals surface area contributed by atoms with E-state index in [4.69, 9.17) is 0 Å². The van der Waals surface area contributed by atoms with Gasteiger partial charge in [0.25, 0.3) is 0 Å². The van der Waals surface area contributed by atoms with Crippen molar-refractivity contribution in [2.24, 2.45) is 5.92 Å². The summed E-state index contributed by atoms with van der Waals surface area (Å²) in [6, 6.07) is 14.2. The first-order valence-electron chi connectivity index (χ1n) is 6.44. The number of aryl methyl sites for hydroxylation is 1. The Morgan fingerprint density at radius 3 is 2.06 bits per heavy atom. The second kappa shape index (κ2) is 9.83. The number of rotatable bonds is 2. The van der Waals surface area contributed by atoms with Crippen molar-refractivity contribution in [1.29, 1.82) is 0 Å². The molecule has 0 N–H and O–H groups in total. The van der Waals surface area contributed by atoms with E-state index in [0.29, 0.717) is 5.92 Å². The molecule has 0 atom stereocenters. The van der Waals surface area contributed by atoms with E-state index in [1.54, 1.807) is 0 Å². The van der Waals surface area contributed by atoms with Gasteiger partial charge in [-0.25, -0.2) is 0 Å². The van der Waals surface area contributed by atoms with Crippen LogP contribution in [0, 0.1) is 12.8 Å². The van der Waals surface area contributed by atoms with E-state index in [1.807, 2.05) is 57.2 Å². The van der Waals surface area contributed by atoms with Gasteiger partial charge in [0.1, 0.15) is 0 Å². The molecule has 1 aromatic heterocycles. The molecule has 0 amide bonds. The third-order valence-electron chi connectivity index (χ3n) is 2.01. The Balaban J connectivity index is 0.00000121. The first-order valence-corrected chi connectivity index (χ1v) is 6.44. The summed E-state index contributed by atoms with van der Waals surface area (Å²) in [5.74, 6) is 0.642. The number of nitrogens with zero attached hydrogens (tertiary/aromatic N) is 1. The number of aromatic nitrogens is 1. The van der Waals surface area contributed by atoms with Crippen LogP contribution in [0.25, 0.3) is 0 Å². The highest BCUT2D eigenvalue weighted by Gasteiger charge is 1.96. The standard InChI is InChI=1S/C14H19N.C2H6/c1-12(2)11-14-10-8-6-4-5-7-9-13(3)15-14;1-2/h4-10,12H,11H2,1-3H3;1-2H3. The van der Waals surface area contributed by atoms with Crippen LogP contribution in [0.15, 0.2) is 42.5 Å². The van der Waals surface area contributed by atoms with Crippen molar-refractivity contribution in [1.82, 2.24) is 4.98 Å². The zero-order valence-electron chi connectivity index (χ0n) is 11.8. The van der Waals surface area contributed by atoms with Crippen LogP contribution in [0.1, 0.15) is 39.1 Å². The molecular formula is C16H25N. The summed E-state index contributed by atoms with van der Waals surface area (Å²) in [7, 11) is 0. The second-order valence-electron chi connectivity index (χ2n) is 4.14. The molecule has 0 fully saturated rings. The summed E-state index contributed by atoms with van der Waals surface area (Å²) in [4.78, 5) is 4.58. The quantitative estimate of drug-likeness (QED) is 0.716. The zero-order chi connectivity index (χ0) is 13.1. The van der Waals surface area contributed by atoms with E-state index in [-0.39, 0.29) is 0 Å². The Hall–Kier alpha value is -1.37. The van der Waals surface area contributed by atoms with Gasteiger partial charge < -0.3 is 0 Å². The maximum Gasteiger partial charge on any atom is 0.0409 e. The van der Waals surface area contributed by atoms with Gasteiger partial charge in [0.05, 0.1) is 0 Å². The Bertz CT molecular complexity index is 355. The molecule has 1 heteroatoms. The lowest BCUT2D eigenvalue weighted by molar-refractivity contribution is 0.635. The molecule has 0 saturated heterocycles. The highest BCUT2D eigenvalue weighted by molar-refractivity contribution is 5.07. The van der Waals surface area contributed by atoms with E-state index < -0.39 is 0 Å². The van der Waals surface area contributed by atoms with E-state index in [0.717, 1.165) is 17.8 Å². The predicted molar refractivity (Wildman–Crippen MR) is 76.5 cm³/mol. The van der Waals surface area contributed by atoms with Crippen LogP contribution in [0.5, 0.6) is 0 Å². The molecule has 0 saturated carbocycles. The highest BCUT2D eigenvalue weighted by Crippen LogP contribution is 2.03. The van der Waals surface area contributed by atoms with Gasteiger partial charge in [-0.2, -0.15) is 0 Å². The summed E-state index contributed by atoms with van der Waals surface area (Å²) in [5.41, 5.74) is 2.21. The molecule has 0 bridgehead atoms. The number of hydrogen-bond acceptors (Lipinski definition) is 1. The van der Waals surface area contributed by atoms with E-state index in [1.165, 1.54) is 0 Å². The maximum atomic E-state index is 4.58. The lowest BCUT2D eigenvalue weighted by Gasteiger charge is -2.02. The molecule has 0 unspecified atom stereocenters. The van der Waals surface area contributed by atoms with Gasteiger partial charge in [-0.1, -0.05) is 58.0 Å². The molecule has 0 aliphatic rings. The summed E-state index contributed by atoms with van der Waals surface area (Å²) in [6.07, 6.45) is 1.03. The lowest BCUT2D eigenvalue weighted by Crippen LogP contribution is -1.96. The van der Waals surface area contributed by atoms with Crippen molar-refractivity contribution in [2.75, 3.05) is 0 Å². The van der Waals surface area contributed by atoms with Crippen LogP contribution >= 0.6 is 0 Å². The lowest BCUT2D eigenvalue weighted by atomic mass is 10.1. The number of hydrogen-bond donors (Lipinski definition) is 0. The summed E-state index contributed by atoms with van der Waals surface area (Å²) < 4.78 is 0. The average Bonchev–Trinajstić information content (AvgIpc) is 2.29. The van der Waals surface area contributed by atoms with Crippen molar-refractivity contribution < 1.29 is 0 Å². The zero-order valence-corrected chi connectivity index (χ0v) is 11.8. The van der Waals surface area contributed by atoms with Crippen LogP contribution in [-0.4, -0.2) is 4.98 Å². The van der Waals surface area contributed by atoms with E-state index in [2.05, 4.69) is 24.9 Å². The van der Waals surface area contributed by atoms with Crippen LogP contribution < -0.4 is 0 Å². The maximum absolute atomic E-state index is 4.58. The molecule has 1 nitrogen and oxygen atoms in total. The summed E-state index contributed by atoms with van der Waals surface area (Å²) in [5, 5.41) is 0. The minimum atomic E-state index is 0.642. The Labute approximate surface area is 106 Å². The van der Waals surface area contributed by atoms with Crippen LogP contribution in [0.2, 0.25) is 0 Å². The SMILES string of the molecule is CC.Cc1cccccccc(CC(C)C)n1. The molecule has 17 heavy (non-hydrogen) atoms. The minimum absolute atomic E-state index is 0.642. The van der Waals surface area contributed by atoms with E-state index >= 15 is 0 Å². The average molecular weight is 231 g/mol. The van der Waals surface area contributed by atoms with E-state index in [9.17, 15) is 0 Å². The van der Waals surface area contributed by atoms with Gasteiger partial charge >= 0.3 is 0 Å². The van der Waals surface area contributed by atoms with Gasteiger partial charge in [0.15, 0.2) is 0 Å². The summed E-state index contributed by atoms with van der Waals surface area (Å²) >= 11 is 0. The topological polar surface area (TPSA) is 12.9 Å². The predicted octanol–water partition coefficient (Wildman–Crippen LogP) is 4.74. The molecular weight excluding hydrogens is 206 g/mol. The largest absolute Gasteiger partial charge is 0.258 e. The van der Waals surface area contributed by atoms with Gasteiger partial charge in [-0.3, -0.25) is 4.98 Å². The van der Waals surface area contributed by atoms with Gasteiger partial charge in [-0.15, -0.1) is 0 Å². The third-order valence-corrected chi connectivity index (χ3v) is 2.01. The summed E-state index contributed by atoms with van der Waals surface area (Å²) in [6.45, 7) is 10.5.